The SMILES string of the molecule is [B][C@H]1CCC(=C)O1. The predicted octanol–water partition coefficient (Wildman–Crippen LogP) is 0.805. The van der Waals surface area contributed by atoms with Gasteiger partial charge in [-0.1, -0.05) is 6.58 Å². The molecule has 1 atom stereocenters. The van der Waals surface area contributed by atoms with Gasteiger partial charge >= 0.3 is 0 Å². The van der Waals surface area contributed by atoms with Gasteiger partial charge in [0.15, 0.2) is 0 Å². The summed E-state index contributed by atoms with van der Waals surface area (Å²) in [6.07, 6.45) is 1.86. The molecule has 2 radical (unpaired) electrons. The lowest BCUT2D eigenvalue weighted by Gasteiger charge is -1.99. The van der Waals surface area contributed by atoms with E-state index < -0.39 is 0 Å². The van der Waals surface area contributed by atoms with Crippen molar-refractivity contribution in [3.8, 4) is 0 Å². The van der Waals surface area contributed by atoms with Crippen LogP contribution in [0, 0.1) is 0 Å². The second-order valence-electron chi connectivity index (χ2n) is 1.73. The van der Waals surface area contributed by atoms with Crippen LogP contribution in [0.15, 0.2) is 12.3 Å². The summed E-state index contributed by atoms with van der Waals surface area (Å²) in [5.74, 6) is 0.826. The maximum absolute atomic E-state index is 5.34. The Morgan fingerprint density at radius 3 is 2.71 bits per heavy atom. The van der Waals surface area contributed by atoms with Crippen LogP contribution in [0.2, 0.25) is 0 Å². The predicted molar refractivity (Wildman–Crippen MR) is 29.0 cm³/mol. The van der Waals surface area contributed by atoms with Crippen molar-refractivity contribution >= 4 is 7.85 Å². The maximum Gasteiger partial charge on any atom is 0.126 e. The van der Waals surface area contributed by atoms with E-state index in [0.29, 0.717) is 0 Å². The highest BCUT2D eigenvalue weighted by atomic mass is 16.5. The van der Waals surface area contributed by atoms with E-state index in [1.807, 2.05) is 0 Å². The zero-order valence-electron chi connectivity index (χ0n) is 4.18. The molecule has 0 spiro atoms. The molecule has 1 saturated heterocycles. The second-order valence-corrected chi connectivity index (χ2v) is 1.73. The third-order valence-corrected chi connectivity index (χ3v) is 1.03. The van der Waals surface area contributed by atoms with Gasteiger partial charge in [-0.15, -0.1) is 0 Å². The second kappa shape index (κ2) is 1.61. The van der Waals surface area contributed by atoms with Crippen LogP contribution in [-0.4, -0.2) is 13.8 Å². The third kappa shape index (κ3) is 0.984. The van der Waals surface area contributed by atoms with Crippen molar-refractivity contribution in [1.82, 2.24) is 0 Å². The first-order valence-electron chi connectivity index (χ1n) is 2.39. The minimum atomic E-state index is -0.0764. The lowest BCUT2D eigenvalue weighted by molar-refractivity contribution is 0.230. The highest BCUT2D eigenvalue weighted by Crippen LogP contribution is 2.17. The topological polar surface area (TPSA) is 9.23 Å². The highest BCUT2D eigenvalue weighted by Gasteiger charge is 2.11. The van der Waals surface area contributed by atoms with E-state index in [9.17, 15) is 0 Å². The molecule has 0 aromatic rings. The first-order valence-corrected chi connectivity index (χ1v) is 2.39. The van der Waals surface area contributed by atoms with Crippen LogP contribution in [0.25, 0.3) is 0 Å². The van der Waals surface area contributed by atoms with Crippen LogP contribution in [0.4, 0.5) is 0 Å². The molecule has 1 rings (SSSR count). The Morgan fingerprint density at radius 2 is 2.57 bits per heavy atom. The van der Waals surface area contributed by atoms with E-state index in [0.717, 1.165) is 18.6 Å². The lowest BCUT2D eigenvalue weighted by Crippen LogP contribution is -2.00. The molecule has 2 heteroatoms. The van der Waals surface area contributed by atoms with Crippen molar-refractivity contribution in [3.63, 3.8) is 0 Å². The molecule has 1 fully saturated rings. The zero-order chi connectivity index (χ0) is 5.28. The number of allylic oxidation sites excluding steroid dienone is 1. The monoisotopic (exact) mass is 94.1 g/mol. The molecule has 1 aliphatic heterocycles. The maximum atomic E-state index is 5.34. The summed E-state index contributed by atoms with van der Waals surface area (Å²) < 4.78 is 4.94. The van der Waals surface area contributed by atoms with Gasteiger partial charge in [-0.2, -0.15) is 0 Å². The van der Waals surface area contributed by atoms with Gasteiger partial charge in [0.2, 0.25) is 0 Å². The number of rotatable bonds is 0. The van der Waals surface area contributed by atoms with Gasteiger partial charge in [-0.3, -0.25) is 0 Å². The molecule has 1 heterocycles. The van der Waals surface area contributed by atoms with Crippen LogP contribution in [0.3, 0.4) is 0 Å². The highest BCUT2D eigenvalue weighted by molar-refractivity contribution is 6.11. The number of ether oxygens (including phenoxy) is 1. The van der Waals surface area contributed by atoms with Crippen LogP contribution < -0.4 is 0 Å². The number of hydrogen-bond acceptors (Lipinski definition) is 1. The van der Waals surface area contributed by atoms with Crippen molar-refractivity contribution < 1.29 is 4.74 Å². The Labute approximate surface area is 44.8 Å². The van der Waals surface area contributed by atoms with Gasteiger partial charge in [0, 0.05) is 6.42 Å². The van der Waals surface area contributed by atoms with Crippen LogP contribution in [0.1, 0.15) is 12.8 Å². The van der Waals surface area contributed by atoms with Crippen molar-refractivity contribution in [2.75, 3.05) is 0 Å². The molecule has 1 aliphatic rings. The summed E-state index contributed by atoms with van der Waals surface area (Å²) in [4.78, 5) is 0. The fourth-order valence-corrected chi connectivity index (χ4v) is 0.635. The molecular weight excluding hydrogens is 86.9 g/mol. The van der Waals surface area contributed by atoms with Crippen molar-refractivity contribution in [3.05, 3.63) is 12.3 Å². The Kier molecular flexibility index (Phi) is 1.09. The van der Waals surface area contributed by atoms with Gasteiger partial charge in [0.25, 0.3) is 0 Å². The molecule has 0 saturated carbocycles. The van der Waals surface area contributed by atoms with E-state index in [2.05, 4.69) is 6.58 Å². The van der Waals surface area contributed by atoms with Gasteiger partial charge in [-0.25, -0.2) is 0 Å². The normalized spacial score (nSPS) is 30.3. The van der Waals surface area contributed by atoms with Crippen molar-refractivity contribution in [2.24, 2.45) is 0 Å². The molecule has 7 heavy (non-hydrogen) atoms. The fraction of sp³-hybridized carbons (Fsp3) is 0.600. The van der Waals surface area contributed by atoms with Crippen LogP contribution in [-0.2, 0) is 4.74 Å². The van der Waals surface area contributed by atoms with Gasteiger partial charge in [-0.05, 0) is 6.42 Å². The zero-order valence-corrected chi connectivity index (χ0v) is 4.18. The average Bonchev–Trinajstić information content (AvgIpc) is 1.87. The largest absolute Gasteiger partial charge is 0.505 e. The summed E-state index contributed by atoms with van der Waals surface area (Å²) in [5, 5.41) is 0. The fourth-order valence-electron chi connectivity index (χ4n) is 0.635. The van der Waals surface area contributed by atoms with Crippen LogP contribution >= 0.6 is 0 Å². The standard InChI is InChI=1S/C5H7BO/c1-4-2-3-5(6)7-4/h5H,1-3H2/t5-/m1/s1. The average molecular weight is 93.9 g/mol. The Hall–Kier alpha value is -0.395. The molecule has 0 bridgehead atoms. The molecule has 0 unspecified atom stereocenters. The van der Waals surface area contributed by atoms with E-state index in [4.69, 9.17) is 12.6 Å². The number of hydrogen-bond donors (Lipinski definition) is 0. The molecule has 0 amide bonds. The Bertz CT molecular complexity index is 90.1. The van der Waals surface area contributed by atoms with E-state index in [1.54, 1.807) is 0 Å². The summed E-state index contributed by atoms with van der Waals surface area (Å²) in [6.45, 7) is 3.60. The molecule has 0 aromatic heterocycles. The Balaban J connectivity index is 2.40. The minimum Gasteiger partial charge on any atom is -0.505 e. The van der Waals surface area contributed by atoms with Crippen LogP contribution in [0.5, 0.6) is 0 Å². The first-order chi connectivity index (χ1) is 3.29. The molecule has 36 valence electrons. The van der Waals surface area contributed by atoms with E-state index in [1.165, 1.54) is 0 Å². The molecule has 0 aromatic carbocycles. The minimum absolute atomic E-state index is 0.0764. The van der Waals surface area contributed by atoms with Crippen molar-refractivity contribution in [1.29, 1.82) is 0 Å². The Morgan fingerprint density at radius 1 is 1.86 bits per heavy atom. The summed E-state index contributed by atoms with van der Waals surface area (Å²) >= 11 is 0. The van der Waals surface area contributed by atoms with E-state index in [-0.39, 0.29) is 6.00 Å². The smallest absolute Gasteiger partial charge is 0.126 e. The molecule has 0 N–H and O–H groups in total. The molecule has 1 nitrogen and oxygen atoms in total. The summed E-state index contributed by atoms with van der Waals surface area (Å²) in [5.41, 5.74) is 0. The van der Waals surface area contributed by atoms with E-state index >= 15 is 0 Å². The quantitative estimate of drug-likeness (QED) is 0.403. The first kappa shape index (κ1) is 4.76. The van der Waals surface area contributed by atoms with Crippen molar-refractivity contribution in [2.45, 2.75) is 18.8 Å². The summed E-state index contributed by atoms with van der Waals surface area (Å²) in [7, 11) is 5.34. The molecule has 0 aliphatic carbocycles. The van der Waals surface area contributed by atoms with Gasteiger partial charge < -0.3 is 4.74 Å². The molecular formula is C5H7BO. The third-order valence-electron chi connectivity index (χ3n) is 1.03. The van der Waals surface area contributed by atoms with Gasteiger partial charge in [0.1, 0.15) is 7.85 Å². The lowest BCUT2D eigenvalue weighted by atomic mass is 9.98. The summed E-state index contributed by atoms with van der Waals surface area (Å²) in [6, 6.07) is -0.0764. The van der Waals surface area contributed by atoms with Gasteiger partial charge in [0.05, 0.1) is 11.8 Å².